The van der Waals surface area contributed by atoms with Crippen LogP contribution in [0.1, 0.15) is 34.0 Å². The van der Waals surface area contributed by atoms with Crippen LogP contribution in [0, 0.1) is 10.8 Å². The first-order valence-electron chi connectivity index (χ1n) is 11.2. The summed E-state index contributed by atoms with van der Waals surface area (Å²) in [6.07, 6.45) is 0.305. The number of aliphatic hydroxyl groups is 1. The summed E-state index contributed by atoms with van der Waals surface area (Å²) in [6, 6.07) is 20.2. The van der Waals surface area contributed by atoms with Crippen LogP contribution in [0.2, 0.25) is 0 Å². The van der Waals surface area contributed by atoms with Crippen LogP contribution >= 0.6 is 0 Å². The fourth-order valence-corrected chi connectivity index (χ4v) is 3.85. The van der Waals surface area contributed by atoms with Crippen molar-refractivity contribution < 1.29 is 9.90 Å². The average molecular weight is 458 g/mol. The molecule has 0 radical (unpaired) electrons. The summed E-state index contributed by atoms with van der Waals surface area (Å²) < 4.78 is 0. The number of hydrogen-bond donors (Lipinski definition) is 5. The number of anilines is 1. The van der Waals surface area contributed by atoms with E-state index in [2.05, 4.69) is 11.8 Å². The first-order chi connectivity index (χ1) is 16.3. The molecule has 0 fully saturated rings. The SMILES string of the molecule is CCN(CCO)Cc1cccc(CC(=N)C(=N)c2cc(-c3cccc(C(N)=O)c3)ccc2N)c1. The number of nitrogens with two attached hydrogens (primary N) is 2. The molecule has 0 aromatic heterocycles. The maximum Gasteiger partial charge on any atom is 0.248 e. The number of primary amides is 1. The molecule has 0 aliphatic carbocycles. The summed E-state index contributed by atoms with van der Waals surface area (Å²) in [5, 5.41) is 26.4. The fourth-order valence-electron chi connectivity index (χ4n) is 3.85. The quantitative estimate of drug-likeness (QED) is 0.222. The lowest BCUT2D eigenvalue weighted by atomic mass is 9.94. The molecular formula is C27H31N5O2. The third-order valence-corrected chi connectivity index (χ3v) is 5.75. The summed E-state index contributed by atoms with van der Waals surface area (Å²) in [4.78, 5) is 13.7. The van der Waals surface area contributed by atoms with Gasteiger partial charge in [0.1, 0.15) is 0 Å². The van der Waals surface area contributed by atoms with Crippen molar-refractivity contribution in [3.63, 3.8) is 0 Å². The van der Waals surface area contributed by atoms with Gasteiger partial charge in [-0.25, -0.2) is 0 Å². The Labute approximate surface area is 200 Å². The number of carbonyl (C=O) groups excluding carboxylic acids is 1. The van der Waals surface area contributed by atoms with E-state index in [0.717, 1.165) is 35.3 Å². The molecule has 7 nitrogen and oxygen atoms in total. The van der Waals surface area contributed by atoms with Gasteiger partial charge in [-0.05, 0) is 53.1 Å². The Bertz CT molecular complexity index is 1210. The van der Waals surface area contributed by atoms with Gasteiger partial charge in [0.2, 0.25) is 5.91 Å². The van der Waals surface area contributed by atoms with Gasteiger partial charge in [0, 0.05) is 36.3 Å². The van der Waals surface area contributed by atoms with Crippen LogP contribution in [0.5, 0.6) is 0 Å². The molecule has 7 N–H and O–H groups in total. The van der Waals surface area contributed by atoms with Crippen LogP contribution in [0.15, 0.2) is 66.7 Å². The molecule has 3 rings (SSSR count). The first-order valence-corrected chi connectivity index (χ1v) is 11.2. The topological polar surface area (TPSA) is 140 Å². The van der Waals surface area contributed by atoms with Crippen LogP contribution in [-0.4, -0.2) is 47.0 Å². The van der Waals surface area contributed by atoms with Gasteiger partial charge >= 0.3 is 0 Å². The number of hydrogen-bond acceptors (Lipinski definition) is 6. The number of benzene rings is 3. The third kappa shape index (κ3) is 6.15. The molecule has 3 aromatic rings. The highest BCUT2D eigenvalue weighted by molar-refractivity contribution is 6.47. The van der Waals surface area contributed by atoms with Gasteiger partial charge in [-0.1, -0.05) is 49.4 Å². The smallest absolute Gasteiger partial charge is 0.248 e. The van der Waals surface area contributed by atoms with Crippen molar-refractivity contribution in [1.29, 1.82) is 10.8 Å². The van der Waals surface area contributed by atoms with Gasteiger partial charge in [0.05, 0.1) is 18.0 Å². The van der Waals surface area contributed by atoms with E-state index in [1.807, 2.05) is 36.4 Å². The van der Waals surface area contributed by atoms with E-state index in [0.29, 0.717) is 29.8 Å². The Morgan fingerprint density at radius 1 is 0.971 bits per heavy atom. The van der Waals surface area contributed by atoms with Gasteiger partial charge in [0.15, 0.2) is 0 Å². The van der Waals surface area contributed by atoms with Crippen LogP contribution in [0.4, 0.5) is 5.69 Å². The standard InChI is InChI=1S/C27H31N5O2/c1-2-32(11-12-33)17-19-6-3-5-18(13-19)14-25(29)26(30)23-16-21(9-10-24(23)28)20-7-4-8-22(15-20)27(31)34/h3-10,13,15-16,29-30,33H,2,11-12,14,17,28H2,1H3,(H2,31,34). The summed E-state index contributed by atoms with van der Waals surface area (Å²) >= 11 is 0. The monoisotopic (exact) mass is 457 g/mol. The van der Waals surface area contributed by atoms with Gasteiger partial charge < -0.3 is 22.0 Å². The zero-order valence-electron chi connectivity index (χ0n) is 19.3. The number of nitrogens with zero attached hydrogens (tertiary/aromatic N) is 1. The van der Waals surface area contributed by atoms with Crippen LogP contribution in [0.3, 0.4) is 0 Å². The highest BCUT2D eigenvalue weighted by Gasteiger charge is 2.15. The Balaban J connectivity index is 1.79. The molecule has 7 heteroatoms. The lowest BCUT2D eigenvalue weighted by Gasteiger charge is -2.19. The van der Waals surface area contributed by atoms with Crippen LogP contribution in [-0.2, 0) is 13.0 Å². The van der Waals surface area contributed by atoms with E-state index in [1.165, 1.54) is 0 Å². The van der Waals surface area contributed by atoms with E-state index in [-0.39, 0.29) is 18.0 Å². The first kappa shape index (κ1) is 24.8. The van der Waals surface area contributed by atoms with E-state index >= 15 is 0 Å². The highest BCUT2D eigenvalue weighted by Crippen LogP contribution is 2.25. The molecule has 0 saturated heterocycles. The number of likely N-dealkylation sites (N-methyl/N-ethyl adjacent to an activating group) is 1. The number of rotatable bonds is 11. The predicted octanol–water partition coefficient (Wildman–Crippen LogP) is 3.48. The van der Waals surface area contributed by atoms with Gasteiger partial charge in [-0.3, -0.25) is 15.1 Å². The Hall–Kier alpha value is -3.81. The number of carbonyl (C=O) groups is 1. The van der Waals surface area contributed by atoms with Crippen molar-refractivity contribution >= 4 is 23.0 Å². The van der Waals surface area contributed by atoms with E-state index in [1.54, 1.807) is 30.3 Å². The Morgan fingerprint density at radius 3 is 2.38 bits per heavy atom. The highest BCUT2D eigenvalue weighted by atomic mass is 16.3. The van der Waals surface area contributed by atoms with Crippen molar-refractivity contribution in [1.82, 2.24) is 4.90 Å². The van der Waals surface area contributed by atoms with Crippen LogP contribution < -0.4 is 11.5 Å². The molecule has 0 aliphatic heterocycles. The van der Waals surface area contributed by atoms with E-state index < -0.39 is 5.91 Å². The molecule has 0 bridgehead atoms. The molecule has 3 aromatic carbocycles. The Kier molecular flexibility index (Phi) is 8.29. The average Bonchev–Trinajstić information content (AvgIpc) is 2.84. The molecule has 0 heterocycles. The molecule has 176 valence electrons. The van der Waals surface area contributed by atoms with Gasteiger partial charge in [0.25, 0.3) is 0 Å². The van der Waals surface area contributed by atoms with Crippen molar-refractivity contribution in [3.8, 4) is 11.1 Å². The van der Waals surface area contributed by atoms with Crippen LogP contribution in [0.25, 0.3) is 11.1 Å². The predicted molar refractivity (Wildman–Crippen MR) is 138 cm³/mol. The summed E-state index contributed by atoms with van der Waals surface area (Å²) in [6.45, 7) is 4.33. The minimum atomic E-state index is -0.507. The maximum absolute atomic E-state index is 11.5. The molecule has 0 saturated carbocycles. The second kappa shape index (κ2) is 11.4. The fraction of sp³-hybridized carbons (Fsp3) is 0.222. The van der Waals surface area contributed by atoms with Crippen molar-refractivity contribution in [3.05, 3.63) is 89.0 Å². The number of aliphatic hydroxyl groups excluding tert-OH is 1. The molecule has 0 aliphatic rings. The lowest BCUT2D eigenvalue weighted by Crippen LogP contribution is -2.26. The number of nitrogens with one attached hydrogen (secondary N) is 2. The molecule has 0 atom stereocenters. The summed E-state index contributed by atoms with van der Waals surface area (Å²) in [5.74, 6) is -0.507. The normalized spacial score (nSPS) is 10.9. The molecule has 0 unspecified atom stereocenters. The zero-order valence-corrected chi connectivity index (χ0v) is 19.3. The largest absolute Gasteiger partial charge is 0.398 e. The maximum atomic E-state index is 11.5. The van der Waals surface area contributed by atoms with Crippen molar-refractivity contribution in [2.45, 2.75) is 19.9 Å². The van der Waals surface area contributed by atoms with Gasteiger partial charge in [-0.15, -0.1) is 0 Å². The zero-order chi connectivity index (χ0) is 24.7. The van der Waals surface area contributed by atoms with Crippen molar-refractivity contribution in [2.24, 2.45) is 5.73 Å². The second-order valence-corrected chi connectivity index (χ2v) is 8.19. The molecule has 34 heavy (non-hydrogen) atoms. The third-order valence-electron chi connectivity index (χ3n) is 5.75. The van der Waals surface area contributed by atoms with Gasteiger partial charge in [-0.2, -0.15) is 0 Å². The number of nitrogen functional groups attached to an aromatic ring is 1. The van der Waals surface area contributed by atoms with E-state index in [4.69, 9.17) is 22.3 Å². The second-order valence-electron chi connectivity index (χ2n) is 8.19. The lowest BCUT2D eigenvalue weighted by molar-refractivity contribution is 0.100. The molecular weight excluding hydrogens is 426 g/mol. The van der Waals surface area contributed by atoms with Crippen molar-refractivity contribution in [2.75, 3.05) is 25.4 Å². The minimum absolute atomic E-state index is 0.0614. The summed E-state index contributed by atoms with van der Waals surface area (Å²) in [5.41, 5.74) is 16.7. The molecule has 1 amide bonds. The summed E-state index contributed by atoms with van der Waals surface area (Å²) in [7, 11) is 0. The Morgan fingerprint density at radius 2 is 1.68 bits per heavy atom. The van der Waals surface area contributed by atoms with E-state index in [9.17, 15) is 9.90 Å². The molecule has 0 spiro atoms. The minimum Gasteiger partial charge on any atom is -0.398 e. The number of amides is 1.